The third-order valence-electron chi connectivity index (χ3n) is 6.19. The van der Waals surface area contributed by atoms with E-state index in [0.29, 0.717) is 30.0 Å². The zero-order valence-electron chi connectivity index (χ0n) is 18.3. The van der Waals surface area contributed by atoms with Crippen molar-refractivity contribution in [3.63, 3.8) is 0 Å². The van der Waals surface area contributed by atoms with Gasteiger partial charge in [-0.25, -0.2) is 0 Å². The maximum Gasteiger partial charge on any atom is 0.251 e. The minimum atomic E-state index is -0.874. The summed E-state index contributed by atoms with van der Waals surface area (Å²) in [7, 11) is 0. The van der Waals surface area contributed by atoms with Crippen LogP contribution in [-0.4, -0.2) is 58.9 Å². The molecule has 3 unspecified atom stereocenters. The van der Waals surface area contributed by atoms with Crippen LogP contribution in [-0.2, 0) is 20.7 Å². The zero-order chi connectivity index (χ0) is 22.8. The summed E-state index contributed by atoms with van der Waals surface area (Å²) in [5.74, 6) is -0.339. The summed E-state index contributed by atoms with van der Waals surface area (Å²) in [6.45, 7) is 4.59. The molecular formula is C25H28N2O5. The van der Waals surface area contributed by atoms with E-state index < -0.39 is 12.1 Å². The lowest BCUT2D eigenvalue weighted by Crippen LogP contribution is -2.53. The van der Waals surface area contributed by atoms with Gasteiger partial charge >= 0.3 is 0 Å². The predicted octanol–water partition coefficient (Wildman–Crippen LogP) is 2.43. The largest absolute Gasteiger partial charge is 0.508 e. The van der Waals surface area contributed by atoms with E-state index in [2.05, 4.69) is 19.2 Å². The number of phenols is 1. The van der Waals surface area contributed by atoms with Gasteiger partial charge in [-0.15, -0.1) is 0 Å². The monoisotopic (exact) mass is 436 g/mol. The van der Waals surface area contributed by atoms with Crippen LogP contribution in [0.4, 0.5) is 0 Å². The Labute approximate surface area is 187 Å². The predicted molar refractivity (Wildman–Crippen MR) is 118 cm³/mol. The fourth-order valence-corrected chi connectivity index (χ4v) is 4.42. The van der Waals surface area contributed by atoms with Gasteiger partial charge in [0.15, 0.2) is 5.78 Å². The zero-order valence-corrected chi connectivity index (χ0v) is 18.3. The number of amides is 2. The molecule has 2 aromatic rings. The molecular weight excluding hydrogens is 408 g/mol. The van der Waals surface area contributed by atoms with Gasteiger partial charge in [-0.2, -0.15) is 0 Å². The molecule has 0 aromatic heterocycles. The highest BCUT2D eigenvalue weighted by atomic mass is 16.5. The second-order valence-electron chi connectivity index (χ2n) is 8.76. The second kappa shape index (κ2) is 9.12. The molecule has 3 atom stereocenters. The number of fused-ring (bicyclic) bond motifs is 1. The van der Waals surface area contributed by atoms with Crippen molar-refractivity contribution < 1.29 is 24.2 Å². The summed E-state index contributed by atoms with van der Waals surface area (Å²) in [6, 6.07) is 12.5. The van der Waals surface area contributed by atoms with E-state index in [1.807, 2.05) is 12.1 Å². The second-order valence-corrected chi connectivity index (χ2v) is 8.76. The van der Waals surface area contributed by atoms with Gasteiger partial charge in [0.25, 0.3) is 5.91 Å². The number of ether oxygens (including phenoxy) is 1. The van der Waals surface area contributed by atoms with Crippen molar-refractivity contribution in [2.45, 2.75) is 50.8 Å². The molecule has 2 N–H and O–H groups in total. The Morgan fingerprint density at radius 1 is 1.19 bits per heavy atom. The van der Waals surface area contributed by atoms with Gasteiger partial charge in [-0.1, -0.05) is 38.1 Å². The highest BCUT2D eigenvalue weighted by Crippen LogP contribution is 2.28. The first-order valence-electron chi connectivity index (χ1n) is 11.0. The minimum absolute atomic E-state index is 0.0187. The van der Waals surface area contributed by atoms with Crippen LogP contribution in [0.3, 0.4) is 0 Å². The molecule has 2 saturated heterocycles. The van der Waals surface area contributed by atoms with Gasteiger partial charge in [0.1, 0.15) is 24.4 Å². The molecule has 0 spiro atoms. The third-order valence-corrected chi connectivity index (χ3v) is 6.19. The molecule has 0 aliphatic carbocycles. The van der Waals surface area contributed by atoms with Gasteiger partial charge < -0.3 is 20.1 Å². The van der Waals surface area contributed by atoms with Crippen molar-refractivity contribution >= 4 is 17.6 Å². The number of Topliss-reactive ketones (excluding diaryl/α,β-unsaturated/α-hetero) is 1. The number of hydrogen-bond donors (Lipinski definition) is 2. The van der Waals surface area contributed by atoms with Crippen LogP contribution in [0, 0.1) is 0 Å². The normalized spacial score (nSPS) is 21.0. The van der Waals surface area contributed by atoms with Crippen molar-refractivity contribution in [1.29, 1.82) is 0 Å². The number of hydrogen-bond acceptors (Lipinski definition) is 5. The van der Waals surface area contributed by atoms with Crippen molar-refractivity contribution in [3.05, 3.63) is 65.2 Å². The highest BCUT2D eigenvalue weighted by molar-refractivity contribution is 5.99. The van der Waals surface area contributed by atoms with Crippen molar-refractivity contribution in [1.82, 2.24) is 10.2 Å². The number of rotatable bonds is 6. The van der Waals surface area contributed by atoms with Crippen molar-refractivity contribution in [2.75, 3.05) is 13.2 Å². The topological polar surface area (TPSA) is 95.9 Å². The molecule has 0 bridgehead atoms. The number of likely N-dealkylation sites (tertiary alicyclic amines) is 1. The molecule has 0 radical (unpaired) electrons. The number of benzene rings is 2. The average molecular weight is 437 g/mol. The standard InChI is InChI=1S/C25H28N2O5/c1-15(2)17-6-8-18(9-7-17)24(30)26-20(13-16-4-3-5-19(28)12-16)25(31)27-11-10-22-23(27)21(29)14-32-22/h3-9,12,15,20,22-23,28H,10-11,13-14H2,1-2H3,(H,26,30). The number of nitrogens with one attached hydrogen (secondary N) is 1. The molecule has 32 heavy (non-hydrogen) atoms. The first kappa shape index (κ1) is 22.0. The van der Waals surface area contributed by atoms with E-state index in [4.69, 9.17) is 4.74 Å². The number of aromatic hydroxyl groups is 1. The fourth-order valence-electron chi connectivity index (χ4n) is 4.42. The van der Waals surface area contributed by atoms with Crippen molar-refractivity contribution in [2.24, 2.45) is 0 Å². The van der Waals surface area contributed by atoms with Gasteiger partial charge in [-0.05, 0) is 47.7 Å². The lowest BCUT2D eigenvalue weighted by molar-refractivity contribution is -0.138. The number of carbonyl (C=O) groups is 3. The Morgan fingerprint density at radius 2 is 1.94 bits per heavy atom. The molecule has 7 heteroatoms. The summed E-state index contributed by atoms with van der Waals surface area (Å²) in [4.78, 5) is 40.3. The molecule has 168 valence electrons. The Hall–Kier alpha value is -3.19. The fraction of sp³-hybridized carbons (Fsp3) is 0.400. The Morgan fingerprint density at radius 3 is 2.62 bits per heavy atom. The van der Waals surface area contributed by atoms with Gasteiger partial charge in [0.2, 0.25) is 5.91 Å². The molecule has 0 saturated carbocycles. The van der Waals surface area contributed by atoms with E-state index in [0.717, 1.165) is 5.56 Å². The molecule has 4 rings (SSSR count). The Balaban J connectivity index is 1.56. The van der Waals surface area contributed by atoms with Crippen LogP contribution in [0.15, 0.2) is 48.5 Å². The lowest BCUT2D eigenvalue weighted by Gasteiger charge is -2.27. The first-order chi connectivity index (χ1) is 15.3. The number of carbonyl (C=O) groups excluding carboxylic acids is 3. The van der Waals surface area contributed by atoms with Gasteiger partial charge in [-0.3, -0.25) is 14.4 Å². The number of ketones is 1. The van der Waals surface area contributed by atoms with Crippen molar-refractivity contribution in [3.8, 4) is 5.75 Å². The van der Waals surface area contributed by atoms with E-state index in [9.17, 15) is 19.5 Å². The van der Waals surface area contributed by atoms with Gasteiger partial charge in [0, 0.05) is 18.5 Å². The maximum atomic E-state index is 13.5. The summed E-state index contributed by atoms with van der Waals surface area (Å²) >= 11 is 0. The molecule has 2 amide bonds. The smallest absolute Gasteiger partial charge is 0.251 e. The Bertz CT molecular complexity index is 1020. The molecule has 7 nitrogen and oxygen atoms in total. The minimum Gasteiger partial charge on any atom is -0.508 e. The average Bonchev–Trinajstić information content (AvgIpc) is 3.36. The lowest BCUT2D eigenvalue weighted by atomic mass is 10.0. The molecule has 2 aromatic carbocycles. The number of nitrogens with zero attached hydrogens (tertiary/aromatic N) is 1. The van der Waals surface area contributed by atoms with E-state index in [1.165, 1.54) is 4.90 Å². The molecule has 2 aliphatic heterocycles. The quantitative estimate of drug-likeness (QED) is 0.725. The summed E-state index contributed by atoms with van der Waals surface area (Å²) in [5.41, 5.74) is 2.29. The van der Waals surface area contributed by atoms with Gasteiger partial charge in [0.05, 0.1) is 6.10 Å². The van der Waals surface area contributed by atoms with E-state index in [-0.39, 0.29) is 42.5 Å². The molecule has 2 aliphatic rings. The Kier molecular flexibility index (Phi) is 6.28. The first-order valence-corrected chi connectivity index (χ1v) is 11.0. The summed E-state index contributed by atoms with van der Waals surface area (Å²) in [5, 5.41) is 12.7. The SMILES string of the molecule is CC(C)c1ccc(C(=O)NC(Cc2cccc(O)c2)C(=O)N2CCC3OCC(=O)C32)cc1. The van der Waals surface area contributed by atoms with Crippen LogP contribution in [0.5, 0.6) is 5.75 Å². The summed E-state index contributed by atoms with van der Waals surface area (Å²) in [6.07, 6.45) is 0.532. The number of phenolic OH excluding ortho intramolecular Hbond substituents is 1. The van der Waals surface area contributed by atoms with E-state index in [1.54, 1.807) is 36.4 Å². The third kappa shape index (κ3) is 4.53. The highest BCUT2D eigenvalue weighted by Gasteiger charge is 2.48. The van der Waals surface area contributed by atoms with Crippen LogP contribution in [0.25, 0.3) is 0 Å². The molecule has 2 fully saturated rings. The summed E-state index contributed by atoms with van der Waals surface area (Å²) < 4.78 is 5.50. The van der Waals surface area contributed by atoms with Crippen LogP contribution < -0.4 is 5.32 Å². The maximum absolute atomic E-state index is 13.5. The molecule has 2 heterocycles. The van der Waals surface area contributed by atoms with E-state index >= 15 is 0 Å². The van der Waals surface area contributed by atoms with Crippen LogP contribution in [0.1, 0.15) is 47.7 Å². The van der Waals surface area contributed by atoms with Crippen LogP contribution in [0.2, 0.25) is 0 Å². The van der Waals surface area contributed by atoms with Crippen LogP contribution >= 0.6 is 0 Å².